The van der Waals surface area contributed by atoms with Crippen molar-refractivity contribution in [3.05, 3.63) is 36.3 Å². The summed E-state index contributed by atoms with van der Waals surface area (Å²) in [5.74, 6) is -0.0604. The van der Waals surface area contributed by atoms with Gasteiger partial charge >= 0.3 is 0 Å². The minimum atomic E-state index is -0.0604. The van der Waals surface area contributed by atoms with Gasteiger partial charge in [0.1, 0.15) is 4.32 Å². The van der Waals surface area contributed by atoms with Crippen LogP contribution in [0.2, 0.25) is 0 Å². The maximum Gasteiger partial charge on any atom is 0.266 e. The van der Waals surface area contributed by atoms with Crippen molar-refractivity contribution in [2.24, 2.45) is 0 Å². The Labute approximate surface area is 87.0 Å². The normalized spacial score (nSPS) is 19.7. The average Bonchev–Trinajstić information content (AvgIpc) is 2.34. The highest BCUT2D eigenvalue weighted by atomic mass is 32.2. The number of carbonyl (C=O) groups is 1. The molecule has 0 saturated carbocycles. The summed E-state index contributed by atoms with van der Waals surface area (Å²) in [6.45, 7) is 7.56. The van der Waals surface area contributed by atoms with Crippen molar-refractivity contribution in [2.45, 2.75) is 0 Å². The maximum absolute atomic E-state index is 11.5. The number of amides is 1. The van der Waals surface area contributed by atoms with Gasteiger partial charge in [-0.2, -0.15) is 0 Å². The van der Waals surface area contributed by atoms with E-state index < -0.39 is 0 Å². The smallest absolute Gasteiger partial charge is 0.266 e. The predicted octanol–water partition coefficient (Wildman–Crippen LogP) is 2.10. The number of hydrogen-bond donors (Lipinski definition) is 0. The molecule has 1 aliphatic rings. The van der Waals surface area contributed by atoms with Gasteiger partial charge in [-0.15, -0.1) is 6.58 Å². The summed E-state index contributed by atoms with van der Waals surface area (Å²) in [4.78, 5) is 13.7. The van der Waals surface area contributed by atoms with Gasteiger partial charge in [-0.1, -0.05) is 42.7 Å². The van der Waals surface area contributed by atoms with E-state index in [4.69, 9.17) is 12.2 Å². The monoisotopic (exact) mass is 211 g/mol. The van der Waals surface area contributed by atoms with E-state index in [9.17, 15) is 4.79 Å². The molecule has 0 aliphatic carbocycles. The van der Waals surface area contributed by atoms with Crippen LogP contribution in [0, 0.1) is 0 Å². The van der Waals surface area contributed by atoms with Gasteiger partial charge in [0, 0.05) is 6.54 Å². The summed E-state index contributed by atoms with van der Waals surface area (Å²) in [5, 5.41) is 0. The third kappa shape index (κ3) is 2.08. The Balaban J connectivity index is 2.87. The lowest BCUT2D eigenvalue weighted by atomic mass is 10.4. The molecule has 1 fully saturated rings. The Morgan fingerprint density at radius 1 is 1.54 bits per heavy atom. The van der Waals surface area contributed by atoms with Gasteiger partial charge in [0.2, 0.25) is 0 Å². The van der Waals surface area contributed by atoms with E-state index in [-0.39, 0.29) is 5.91 Å². The van der Waals surface area contributed by atoms with Gasteiger partial charge in [-0.25, -0.2) is 0 Å². The lowest BCUT2D eigenvalue weighted by Gasteiger charge is -2.10. The summed E-state index contributed by atoms with van der Waals surface area (Å²) in [5.41, 5.74) is 0. The number of carbonyl (C=O) groups excluding carboxylic acids is 1. The van der Waals surface area contributed by atoms with Crippen molar-refractivity contribution in [1.29, 1.82) is 0 Å². The zero-order chi connectivity index (χ0) is 9.84. The predicted molar refractivity (Wildman–Crippen MR) is 60.4 cm³/mol. The SMILES string of the molecule is C=CC=C1SC(=S)N(CC=C)C1=O. The van der Waals surface area contributed by atoms with Crippen LogP contribution in [0.15, 0.2) is 36.3 Å². The van der Waals surface area contributed by atoms with E-state index in [0.717, 1.165) is 0 Å². The molecular weight excluding hydrogens is 202 g/mol. The first-order valence-corrected chi connectivity index (χ1v) is 4.90. The molecule has 1 saturated heterocycles. The third-order valence-corrected chi connectivity index (χ3v) is 2.85. The van der Waals surface area contributed by atoms with Crippen molar-refractivity contribution in [2.75, 3.05) is 6.54 Å². The van der Waals surface area contributed by atoms with E-state index in [2.05, 4.69) is 13.2 Å². The van der Waals surface area contributed by atoms with Crippen LogP contribution in [0.1, 0.15) is 0 Å². The molecular formula is C9H9NOS2. The highest BCUT2D eigenvalue weighted by molar-refractivity contribution is 8.26. The topological polar surface area (TPSA) is 20.3 Å². The van der Waals surface area contributed by atoms with E-state index >= 15 is 0 Å². The fourth-order valence-electron chi connectivity index (χ4n) is 0.908. The quantitative estimate of drug-likeness (QED) is 0.405. The molecule has 0 N–H and O–H groups in total. The van der Waals surface area contributed by atoms with Crippen LogP contribution in [0.5, 0.6) is 0 Å². The molecule has 0 unspecified atom stereocenters. The molecule has 68 valence electrons. The van der Waals surface area contributed by atoms with Crippen LogP contribution in [0.4, 0.5) is 0 Å². The summed E-state index contributed by atoms with van der Waals surface area (Å²) in [6.07, 6.45) is 4.91. The number of thioether (sulfide) groups is 1. The molecule has 0 radical (unpaired) electrons. The zero-order valence-electron chi connectivity index (χ0n) is 7.03. The fourth-order valence-corrected chi connectivity index (χ4v) is 2.15. The third-order valence-electron chi connectivity index (χ3n) is 1.45. The largest absolute Gasteiger partial charge is 0.289 e. The van der Waals surface area contributed by atoms with Gasteiger partial charge in [-0.3, -0.25) is 9.69 Å². The molecule has 4 heteroatoms. The van der Waals surface area contributed by atoms with Crippen molar-refractivity contribution in [1.82, 2.24) is 4.90 Å². The van der Waals surface area contributed by atoms with Gasteiger partial charge in [-0.05, 0) is 6.08 Å². The Kier molecular flexibility index (Phi) is 3.45. The van der Waals surface area contributed by atoms with Crippen molar-refractivity contribution in [3.63, 3.8) is 0 Å². The van der Waals surface area contributed by atoms with Gasteiger partial charge in [0.05, 0.1) is 4.91 Å². The first kappa shape index (κ1) is 10.2. The number of allylic oxidation sites excluding steroid dienone is 2. The van der Waals surface area contributed by atoms with Gasteiger partial charge in [0.15, 0.2) is 0 Å². The lowest BCUT2D eigenvalue weighted by molar-refractivity contribution is -0.121. The van der Waals surface area contributed by atoms with Crippen LogP contribution in [0.3, 0.4) is 0 Å². The minimum absolute atomic E-state index is 0.0604. The number of nitrogens with zero attached hydrogens (tertiary/aromatic N) is 1. The molecule has 1 amide bonds. The molecule has 0 aromatic carbocycles. The average molecular weight is 211 g/mol. The van der Waals surface area contributed by atoms with Gasteiger partial charge < -0.3 is 0 Å². The molecule has 2 nitrogen and oxygen atoms in total. The highest BCUT2D eigenvalue weighted by Crippen LogP contribution is 2.30. The highest BCUT2D eigenvalue weighted by Gasteiger charge is 2.30. The van der Waals surface area contributed by atoms with Crippen molar-refractivity contribution in [3.8, 4) is 0 Å². The van der Waals surface area contributed by atoms with Crippen LogP contribution in [0.25, 0.3) is 0 Å². The van der Waals surface area contributed by atoms with Crippen LogP contribution in [-0.4, -0.2) is 21.7 Å². The Morgan fingerprint density at radius 3 is 2.77 bits per heavy atom. The first-order chi connectivity index (χ1) is 6.20. The molecule has 13 heavy (non-hydrogen) atoms. The van der Waals surface area contributed by atoms with Gasteiger partial charge in [0.25, 0.3) is 5.91 Å². The standard InChI is InChI=1S/C9H9NOS2/c1-3-5-7-8(11)10(6-4-2)9(12)13-7/h3-5H,1-2,6H2. The fraction of sp³-hybridized carbons (Fsp3) is 0.111. The molecule has 0 spiro atoms. The Morgan fingerprint density at radius 2 is 2.23 bits per heavy atom. The summed E-state index contributed by atoms with van der Waals surface area (Å²) in [6, 6.07) is 0. The zero-order valence-corrected chi connectivity index (χ0v) is 8.66. The molecule has 0 bridgehead atoms. The van der Waals surface area contributed by atoms with E-state index in [1.54, 1.807) is 18.2 Å². The lowest BCUT2D eigenvalue weighted by Crippen LogP contribution is -2.27. The molecule has 0 aromatic heterocycles. The molecule has 1 heterocycles. The van der Waals surface area contributed by atoms with E-state index in [1.807, 2.05) is 0 Å². The van der Waals surface area contributed by atoms with Crippen molar-refractivity contribution >= 4 is 34.2 Å². The summed E-state index contributed by atoms with van der Waals surface area (Å²) in [7, 11) is 0. The summed E-state index contributed by atoms with van der Waals surface area (Å²) >= 11 is 6.32. The second-order valence-corrected chi connectivity index (χ2v) is 4.01. The van der Waals surface area contributed by atoms with Crippen LogP contribution in [-0.2, 0) is 4.79 Å². The second kappa shape index (κ2) is 4.39. The Bertz CT molecular complexity index is 307. The number of rotatable bonds is 3. The van der Waals surface area contributed by atoms with E-state index in [1.165, 1.54) is 16.7 Å². The Hall–Kier alpha value is -0.870. The first-order valence-electron chi connectivity index (χ1n) is 3.68. The van der Waals surface area contributed by atoms with Crippen molar-refractivity contribution < 1.29 is 4.79 Å². The van der Waals surface area contributed by atoms with E-state index in [0.29, 0.717) is 15.8 Å². The number of thiocarbonyl (C=S) groups is 1. The molecule has 0 aromatic rings. The molecule has 0 atom stereocenters. The molecule has 1 rings (SSSR count). The minimum Gasteiger partial charge on any atom is -0.289 e. The maximum atomic E-state index is 11.5. The number of hydrogen-bond acceptors (Lipinski definition) is 3. The van der Waals surface area contributed by atoms with Crippen LogP contribution >= 0.6 is 24.0 Å². The van der Waals surface area contributed by atoms with Crippen LogP contribution < -0.4 is 0 Å². The summed E-state index contributed by atoms with van der Waals surface area (Å²) < 4.78 is 0.581. The molecule has 1 aliphatic heterocycles. The second-order valence-electron chi connectivity index (χ2n) is 2.34.